The van der Waals surface area contributed by atoms with Crippen molar-refractivity contribution >= 4 is 39.3 Å². The zero-order valence-corrected chi connectivity index (χ0v) is 14.2. The van der Waals surface area contributed by atoms with E-state index in [1.54, 1.807) is 13.1 Å². The van der Waals surface area contributed by atoms with Crippen molar-refractivity contribution in [2.45, 2.75) is 6.42 Å². The van der Waals surface area contributed by atoms with E-state index >= 15 is 0 Å². The van der Waals surface area contributed by atoms with Crippen LogP contribution in [0.4, 0.5) is 5.69 Å². The third-order valence-electron chi connectivity index (χ3n) is 4.40. The van der Waals surface area contributed by atoms with Crippen LogP contribution in [0.5, 0.6) is 0 Å². The fourth-order valence-electron chi connectivity index (χ4n) is 3.12. The second-order valence-corrected chi connectivity index (χ2v) is 6.15. The van der Waals surface area contributed by atoms with E-state index in [0.29, 0.717) is 17.8 Å². The van der Waals surface area contributed by atoms with Crippen molar-refractivity contribution in [2.75, 3.05) is 12.4 Å². The summed E-state index contributed by atoms with van der Waals surface area (Å²) >= 11 is 0. The minimum absolute atomic E-state index is 0.0869. The van der Waals surface area contributed by atoms with Gasteiger partial charge in [-0.3, -0.25) is 9.59 Å². The summed E-state index contributed by atoms with van der Waals surface area (Å²) in [6.45, 7) is 0. The average Bonchev–Trinajstić information content (AvgIpc) is 3.25. The third kappa shape index (κ3) is 2.93. The highest BCUT2D eigenvalue weighted by Crippen LogP contribution is 2.22. The molecule has 0 spiro atoms. The molecule has 0 aliphatic carbocycles. The van der Waals surface area contributed by atoms with E-state index in [9.17, 15) is 9.59 Å². The first kappa shape index (κ1) is 16.0. The molecule has 0 atom stereocenters. The molecule has 0 aliphatic heterocycles. The Kier molecular flexibility index (Phi) is 3.93. The van der Waals surface area contributed by atoms with Crippen LogP contribution < -0.4 is 10.6 Å². The number of para-hydroxylation sites is 1. The summed E-state index contributed by atoms with van der Waals surface area (Å²) in [6, 6.07) is 15.2. The van der Waals surface area contributed by atoms with Crippen LogP contribution in [0, 0.1) is 0 Å². The van der Waals surface area contributed by atoms with E-state index in [0.717, 1.165) is 27.4 Å². The van der Waals surface area contributed by atoms with Gasteiger partial charge in [0.2, 0.25) is 5.91 Å². The number of hydrogen-bond acceptors (Lipinski definition) is 2. The molecule has 0 radical (unpaired) electrons. The lowest BCUT2D eigenvalue weighted by atomic mass is 10.1. The predicted molar refractivity (Wildman–Crippen MR) is 102 cm³/mol. The second kappa shape index (κ2) is 6.40. The number of carbonyl (C=O) groups is 2. The first-order chi connectivity index (χ1) is 12.6. The maximum absolute atomic E-state index is 12.4. The van der Waals surface area contributed by atoms with Crippen molar-refractivity contribution in [1.82, 2.24) is 15.3 Å². The molecule has 6 nitrogen and oxygen atoms in total. The van der Waals surface area contributed by atoms with E-state index < -0.39 is 0 Å². The molecular weight excluding hydrogens is 328 g/mol. The Labute approximate surface area is 149 Å². The molecule has 4 rings (SSSR count). The van der Waals surface area contributed by atoms with Gasteiger partial charge in [-0.1, -0.05) is 18.2 Å². The van der Waals surface area contributed by atoms with Gasteiger partial charge in [0.15, 0.2) is 0 Å². The minimum Gasteiger partial charge on any atom is -0.361 e. The van der Waals surface area contributed by atoms with Crippen molar-refractivity contribution in [2.24, 2.45) is 0 Å². The Morgan fingerprint density at radius 1 is 1.04 bits per heavy atom. The summed E-state index contributed by atoms with van der Waals surface area (Å²) in [5.74, 6) is -0.262. The van der Waals surface area contributed by atoms with Crippen LogP contribution in [0.2, 0.25) is 0 Å². The number of benzene rings is 2. The van der Waals surface area contributed by atoms with Crippen LogP contribution in [-0.2, 0) is 11.2 Å². The van der Waals surface area contributed by atoms with Gasteiger partial charge in [0, 0.05) is 40.7 Å². The summed E-state index contributed by atoms with van der Waals surface area (Å²) in [4.78, 5) is 30.4. The maximum Gasteiger partial charge on any atom is 0.267 e. The lowest BCUT2D eigenvalue weighted by Crippen LogP contribution is -2.17. The number of nitrogens with one attached hydrogen (secondary N) is 4. The number of carbonyl (C=O) groups excluding carboxylic acids is 2. The standard InChI is InChI=1S/C20H18N4O2/c1-21-20(26)18-9-12-8-14(6-7-16(12)24-18)23-19(25)10-13-11-22-17-5-3-2-4-15(13)17/h2-9,11,22,24H,10H2,1H3,(H,21,26)(H,23,25). The monoisotopic (exact) mass is 346 g/mol. The molecule has 0 saturated carbocycles. The summed E-state index contributed by atoms with van der Waals surface area (Å²) in [6.07, 6.45) is 2.16. The van der Waals surface area contributed by atoms with E-state index in [1.165, 1.54) is 0 Å². The summed E-state index contributed by atoms with van der Waals surface area (Å²) < 4.78 is 0. The van der Waals surface area contributed by atoms with E-state index in [4.69, 9.17) is 0 Å². The van der Waals surface area contributed by atoms with Gasteiger partial charge in [-0.05, 0) is 35.9 Å². The van der Waals surface area contributed by atoms with E-state index in [2.05, 4.69) is 20.6 Å². The lowest BCUT2D eigenvalue weighted by Gasteiger charge is -2.05. The third-order valence-corrected chi connectivity index (χ3v) is 4.40. The SMILES string of the molecule is CNC(=O)c1cc2cc(NC(=O)Cc3c[nH]c4ccccc34)ccc2[nH]1. The van der Waals surface area contributed by atoms with Crippen LogP contribution in [-0.4, -0.2) is 28.8 Å². The summed E-state index contributed by atoms with van der Waals surface area (Å²) in [5.41, 5.74) is 4.02. The average molecular weight is 346 g/mol. The number of rotatable bonds is 4. The Bertz CT molecular complexity index is 1120. The van der Waals surface area contributed by atoms with Gasteiger partial charge < -0.3 is 20.6 Å². The predicted octanol–water partition coefficient (Wildman–Crippen LogP) is 3.19. The van der Waals surface area contributed by atoms with Gasteiger partial charge in [0.05, 0.1) is 6.42 Å². The first-order valence-electron chi connectivity index (χ1n) is 8.34. The zero-order valence-electron chi connectivity index (χ0n) is 14.2. The Morgan fingerprint density at radius 2 is 1.88 bits per heavy atom. The fraction of sp³-hybridized carbons (Fsp3) is 0.100. The van der Waals surface area contributed by atoms with Crippen LogP contribution in [0.25, 0.3) is 21.8 Å². The first-order valence-corrected chi connectivity index (χ1v) is 8.34. The Morgan fingerprint density at radius 3 is 2.73 bits per heavy atom. The molecule has 26 heavy (non-hydrogen) atoms. The number of amides is 2. The minimum atomic E-state index is -0.175. The quantitative estimate of drug-likeness (QED) is 0.457. The topological polar surface area (TPSA) is 89.8 Å². The molecule has 6 heteroatoms. The molecule has 0 aliphatic rings. The molecule has 4 aromatic rings. The molecule has 2 aromatic carbocycles. The molecular formula is C20H18N4O2. The van der Waals surface area contributed by atoms with Crippen molar-refractivity contribution < 1.29 is 9.59 Å². The van der Waals surface area contributed by atoms with E-state index in [-0.39, 0.29) is 11.8 Å². The van der Waals surface area contributed by atoms with Crippen molar-refractivity contribution in [1.29, 1.82) is 0 Å². The summed E-state index contributed by atoms with van der Waals surface area (Å²) in [7, 11) is 1.59. The molecule has 0 fully saturated rings. The fourth-order valence-corrected chi connectivity index (χ4v) is 3.12. The highest BCUT2D eigenvalue weighted by molar-refractivity contribution is 6.00. The maximum atomic E-state index is 12.4. The Balaban J connectivity index is 1.52. The largest absolute Gasteiger partial charge is 0.361 e. The highest BCUT2D eigenvalue weighted by Gasteiger charge is 2.11. The van der Waals surface area contributed by atoms with Crippen molar-refractivity contribution in [3.05, 3.63) is 66.0 Å². The lowest BCUT2D eigenvalue weighted by molar-refractivity contribution is -0.115. The Hall–Kier alpha value is -3.54. The molecule has 0 bridgehead atoms. The number of hydrogen-bond donors (Lipinski definition) is 4. The van der Waals surface area contributed by atoms with Crippen molar-refractivity contribution in [3.63, 3.8) is 0 Å². The number of anilines is 1. The molecule has 0 saturated heterocycles. The van der Waals surface area contributed by atoms with Gasteiger partial charge in [-0.2, -0.15) is 0 Å². The van der Waals surface area contributed by atoms with Gasteiger partial charge in [-0.25, -0.2) is 0 Å². The number of aromatic amines is 2. The molecule has 2 aromatic heterocycles. The van der Waals surface area contributed by atoms with E-state index in [1.807, 2.05) is 48.7 Å². The molecule has 4 N–H and O–H groups in total. The molecule has 2 heterocycles. The molecule has 2 amide bonds. The van der Waals surface area contributed by atoms with Gasteiger partial charge in [0.1, 0.15) is 5.69 Å². The second-order valence-electron chi connectivity index (χ2n) is 6.15. The summed E-state index contributed by atoms with van der Waals surface area (Å²) in [5, 5.41) is 7.43. The smallest absolute Gasteiger partial charge is 0.267 e. The zero-order chi connectivity index (χ0) is 18.1. The van der Waals surface area contributed by atoms with Crippen LogP contribution in [0.3, 0.4) is 0 Å². The van der Waals surface area contributed by atoms with Crippen LogP contribution in [0.15, 0.2) is 54.7 Å². The normalized spacial score (nSPS) is 11.0. The molecule has 130 valence electrons. The van der Waals surface area contributed by atoms with Gasteiger partial charge in [0.25, 0.3) is 5.91 Å². The van der Waals surface area contributed by atoms with Crippen molar-refractivity contribution in [3.8, 4) is 0 Å². The number of fused-ring (bicyclic) bond motifs is 2. The number of aromatic nitrogens is 2. The number of H-pyrrole nitrogens is 2. The van der Waals surface area contributed by atoms with Gasteiger partial charge in [-0.15, -0.1) is 0 Å². The van der Waals surface area contributed by atoms with Crippen LogP contribution in [0.1, 0.15) is 16.1 Å². The molecule has 0 unspecified atom stereocenters. The highest BCUT2D eigenvalue weighted by atomic mass is 16.2. The van der Waals surface area contributed by atoms with Crippen LogP contribution >= 0.6 is 0 Å². The van der Waals surface area contributed by atoms with Gasteiger partial charge >= 0.3 is 0 Å².